The van der Waals surface area contributed by atoms with E-state index < -0.39 is 10.0 Å². The van der Waals surface area contributed by atoms with Crippen LogP contribution < -0.4 is 0 Å². The van der Waals surface area contributed by atoms with E-state index in [0.29, 0.717) is 25.6 Å². The molecule has 0 unspecified atom stereocenters. The first-order chi connectivity index (χ1) is 8.94. The Balaban J connectivity index is 4.35. The normalized spacial score (nSPS) is 12.5. The van der Waals surface area contributed by atoms with Gasteiger partial charge in [0.05, 0.1) is 12.4 Å². The molecule has 0 aromatic rings. The van der Waals surface area contributed by atoms with Crippen molar-refractivity contribution in [2.75, 3.05) is 32.6 Å². The van der Waals surface area contributed by atoms with Gasteiger partial charge in [-0.2, -0.15) is 4.31 Å². The molecule has 0 aromatic carbocycles. The van der Waals surface area contributed by atoms with E-state index in [9.17, 15) is 8.42 Å². The fourth-order valence-electron chi connectivity index (χ4n) is 1.83. The van der Waals surface area contributed by atoms with Crippen LogP contribution in [-0.4, -0.2) is 45.3 Å². The van der Waals surface area contributed by atoms with E-state index in [1.807, 2.05) is 0 Å². The molecule has 0 amide bonds. The second kappa shape index (κ2) is 10.6. The first kappa shape index (κ1) is 18.9. The van der Waals surface area contributed by atoms with Gasteiger partial charge in [0.15, 0.2) is 0 Å². The van der Waals surface area contributed by atoms with Crippen molar-refractivity contribution in [3.8, 4) is 0 Å². The van der Waals surface area contributed by atoms with Crippen molar-refractivity contribution in [1.29, 1.82) is 0 Å². The SMILES string of the molecule is CCCCCCS(=O)(=O)N(CCOC)CCC(C)C. The van der Waals surface area contributed by atoms with E-state index in [4.69, 9.17) is 4.74 Å². The number of sulfonamides is 1. The Morgan fingerprint density at radius 1 is 1.11 bits per heavy atom. The molecule has 5 heteroatoms. The van der Waals surface area contributed by atoms with Crippen LogP contribution >= 0.6 is 0 Å². The second-order valence-electron chi connectivity index (χ2n) is 5.45. The molecule has 0 heterocycles. The summed E-state index contributed by atoms with van der Waals surface area (Å²) in [5.74, 6) is 0.787. The van der Waals surface area contributed by atoms with Gasteiger partial charge in [-0.3, -0.25) is 0 Å². The number of nitrogens with zero attached hydrogens (tertiary/aromatic N) is 1. The molecule has 0 aliphatic rings. The molecule has 0 spiro atoms. The Morgan fingerprint density at radius 3 is 2.32 bits per heavy atom. The van der Waals surface area contributed by atoms with Gasteiger partial charge in [-0.25, -0.2) is 8.42 Å². The van der Waals surface area contributed by atoms with Crippen molar-refractivity contribution in [2.24, 2.45) is 5.92 Å². The van der Waals surface area contributed by atoms with Crippen LogP contribution in [0, 0.1) is 5.92 Å². The van der Waals surface area contributed by atoms with Crippen LogP contribution in [0.3, 0.4) is 0 Å². The standard InChI is InChI=1S/C14H31NO3S/c1-5-6-7-8-13-19(16,17)15(11-12-18-4)10-9-14(2)3/h14H,5-13H2,1-4H3. The van der Waals surface area contributed by atoms with Gasteiger partial charge in [0.1, 0.15) is 0 Å². The van der Waals surface area contributed by atoms with Crippen molar-refractivity contribution in [3.05, 3.63) is 0 Å². The third-order valence-corrected chi connectivity index (χ3v) is 5.11. The summed E-state index contributed by atoms with van der Waals surface area (Å²) in [5.41, 5.74) is 0. The zero-order valence-electron chi connectivity index (χ0n) is 13.0. The van der Waals surface area contributed by atoms with Crippen LogP contribution in [0.15, 0.2) is 0 Å². The van der Waals surface area contributed by atoms with Gasteiger partial charge >= 0.3 is 0 Å². The molecule has 0 saturated heterocycles. The van der Waals surface area contributed by atoms with Crippen LogP contribution in [0.4, 0.5) is 0 Å². The largest absolute Gasteiger partial charge is 0.383 e. The summed E-state index contributed by atoms with van der Waals surface area (Å²) >= 11 is 0. The minimum absolute atomic E-state index is 0.273. The minimum Gasteiger partial charge on any atom is -0.383 e. The van der Waals surface area contributed by atoms with Crippen LogP contribution in [0.25, 0.3) is 0 Å². The highest BCUT2D eigenvalue weighted by Gasteiger charge is 2.21. The summed E-state index contributed by atoms with van der Waals surface area (Å²) in [6.07, 6.45) is 4.90. The molecule has 19 heavy (non-hydrogen) atoms. The van der Waals surface area contributed by atoms with Crippen LogP contribution in [-0.2, 0) is 14.8 Å². The Hall–Kier alpha value is -0.130. The molecular weight excluding hydrogens is 262 g/mol. The van der Waals surface area contributed by atoms with Crippen LogP contribution in [0.1, 0.15) is 52.9 Å². The van der Waals surface area contributed by atoms with E-state index in [-0.39, 0.29) is 5.75 Å². The molecule has 0 atom stereocenters. The summed E-state index contributed by atoms with van der Waals surface area (Å²) in [6, 6.07) is 0. The van der Waals surface area contributed by atoms with Gasteiger partial charge in [-0.05, 0) is 18.8 Å². The van der Waals surface area contributed by atoms with Gasteiger partial charge in [0.25, 0.3) is 0 Å². The lowest BCUT2D eigenvalue weighted by molar-refractivity contribution is 0.177. The first-order valence-corrected chi connectivity index (χ1v) is 9.01. The number of ether oxygens (including phenoxy) is 1. The average molecular weight is 293 g/mol. The monoisotopic (exact) mass is 293 g/mol. The molecule has 116 valence electrons. The lowest BCUT2D eigenvalue weighted by Crippen LogP contribution is -2.36. The third-order valence-electron chi connectivity index (χ3n) is 3.15. The first-order valence-electron chi connectivity index (χ1n) is 7.40. The lowest BCUT2D eigenvalue weighted by Gasteiger charge is -2.22. The topological polar surface area (TPSA) is 46.6 Å². The second-order valence-corrected chi connectivity index (χ2v) is 7.54. The number of methoxy groups -OCH3 is 1. The highest BCUT2D eigenvalue weighted by Crippen LogP contribution is 2.10. The van der Waals surface area contributed by atoms with Crippen molar-refractivity contribution >= 4 is 10.0 Å². The number of hydrogen-bond acceptors (Lipinski definition) is 3. The van der Waals surface area contributed by atoms with E-state index in [1.54, 1.807) is 11.4 Å². The molecule has 0 rings (SSSR count). The van der Waals surface area contributed by atoms with Crippen molar-refractivity contribution < 1.29 is 13.2 Å². The summed E-state index contributed by atoms with van der Waals surface area (Å²) in [5, 5.41) is 0. The molecule has 0 N–H and O–H groups in total. The Bertz CT molecular complexity index is 302. The molecule has 0 fully saturated rings. The van der Waals surface area contributed by atoms with Crippen molar-refractivity contribution in [1.82, 2.24) is 4.31 Å². The third kappa shape index (κ3) is 9.41. The zero-order valence-corrected chi connectivity index (χ0v) is 13.8. The van der Waals surface area contributed by atoms with Gasteiger partial charge < -0.3 is 4.74 Å². The van der Waals surface area contributed by atoms with E-state index in [0.717, 1.165) is 32.1 Å². The predicted octanol–water partition coefficient (Wildman–Crippen LogP) is 2.89. The van der Waals surface area contributed by atoms with Crippen LogP contribution in [0.5, 0.6) is 0 Å². The predicted molar refractivity (Wildman–Crippen MR) is 80.8 cm³/mol. The highest BCUT2D eigenvalue weighted by atomic mass is 32.2. The van der Waals surface area contributed by atoms with Crippen molar-refractivity contribution in [3.63, 3.8) is 0 Å². The zero-order chi connectivity index (χ0) is 14.7. The molecule has 0 aliphatic carbocycles. The highest BCUT2D eigenvalue weighted by molar-refractivity contribution is 7.89. The smallest absolute Gasteiger partial charge is 0.214 e. The van der Waals surface area contributed by atoms with E-state index in [1.165, 1.54) is 0 Å². The van der Waals surface area contributed by atoms with E-state index >= 15 is 0 Å². The van der Waals surface area contributed by atoms with E-state index in [2.05, 4.69) is 20.8 Å². The molecular formula is C14H31NO3S. The molecule has 0 bridgehead atoms. The maximum absolute atomic E-state index is 12.3. The molecule has 4 nitrogen and oxygen atoms in total. The van der Waals surface area contributed by atoms with Gasteiger partial charge in [0, 0.05) is 20.2 Å². The summed E-state index contributed by atoms with van der Waals surface area (Å²) in [6.45, 7) is 7.90. The van der Waals surface area contributed by atoms with Crippen LogP contribution in [0.2, 0.25) is 0 Å². The van der Waals surface area contributed by atoms with Gasteiger partial charge in [-0.15, -0.1) is 0 Å². The summed E-state index contributed by atoms with van der Waals surface area (Å²) in [4.78, 5) is 0. The molecule has 0 aliphatic heterocycles. The summed E-state index contributed by atoms with van der Waals surface area (Å²) < 4.78 is 31.2. The fraction of sp³-hybridized carbons (Fsp3) is 1.00. The quantitative estimate of drug-likeness (QED) is 0.520. The van der Waals surface area contributed by atoms with Crippen molar-refractivity contribution in [2.45, 2.75) is 52.9 Å². The van der Waals surface area contributed by atoms with Gasteiger partial charge in [-0.1, -0.05) is 40.0 Å². The number of rotatable bonds is 12. The maximum atomic E-state index is 12.3. The fourth-order valence-corrected chi connectivity index (χ4v) is 3.39. The summed E-state index contributed by atoms with van der Waals surface area (Å²) in [7, 11) is -1.51. The number of hydrogen-bond donors (Lipinski definition) is 0. The molecule has 0 radical (unpaired) electrons. The Kier molecular flexibility index (Phi) is 10.6. The maximum Gasteiger partial charge on any atom is 0.214 e. The average Bonchev–Trinajstić information content (AvgIpc) is 2.34. The van der Waals surface area contributed by atoms with Gasteiger partial charge in [0.2, 0.25) is 10.0 Å². The molecule has 0 aromatic heterocycles. The minimum atomic E-state index is -3.12. The Morgan fingerprint density at radius 2 is 1.79 bits per heavy atom. The lowest BCUT2D eigenvalue weighted by atomic mass is 10.1. The Labute approximate surface area is 119 Å². The number of unbranched alkanes of at least 4 members (excludes halogenated alkanes) is 3. The molecule has 0 saturated carbocycles.